The Morgan fingerprint density at radius 1 is 0.931 bits per heavy atom. The van der Waals surface area contributed by atoms with Crippen molar-refractivity contribution in [3.05, 3.63) is 60.2 Å². The molecule has 0 aromatic heterocycles. The summed E-state index contributed by atoms with van der Waals surface area (Å²) >= 11 is 0. The van der Waals surface area contributed by atoms with Gasteiger partial charge in [0.1, 0.15) is 11.5 Å². The fourth-order valence-electron chi connectivity index (χ4n) is 2.06. The third-order valence-corrected chi connectivity index (χ3v) is 3.24. The predicted molar refractivity (Wildman–Crippen MR) is 94.8 cm³/mol. The Kier molecular flexibility index (Phi) is 8.01. The second kappa shape index (κ2) is 10.7. The third kappa shape index (κ3) is 7.91. The fourth-order valence-corrected chi connectivity index (χ4v) is 2.06. The molecule has 1 N–H and O–H groups in total. The molecule has 0 fully saturated rings. The van der Waals surface area contributed by atoms with Crippen LogP contribution in [-0.4, -0.2) is 31.7 Å². The summed E-state index contributed by atoms with van der Waals surface area (Å²) in [6.07, 6.45) is 2.38. The van der Waals surface area contributed by atoms with Gasteiger partial charge >= 0.3 is 19.2 Å². The SMILES string of the molecule is O=C(COC(=O)/C=C/c1ccc(OC(F)F)cc1)Nc1ccccc1OC(F)F. The molecule has 0 aliphatic carbocycles. The van der Waals surface area contributed by atoms with Crippen molar-refractivity contribution < 1.29 is 41.4 Å². The molecular weight excluding hydrogens is 398 g/mol. The predicted octanol–water partition coefficient (Wildman–Crippen LogP) is 4.08. The number of para-hydroxylation sites is 2. The van der Waals surface area contributed by atoms with Crippen molar-refractivity contribution in [2.45, 2.75) is 13.2 Å². The standard InChI is InChI=1S/C19H15F4NO5/c20-18(21)28-13-8-5-12(6-9-13)7-10-17(26)27-11-16(25)24-14-3-1-2-4-15(14)29-19(22)23/h1-10,18-19H,11H2,(H,24,25)/b10-7+. The summed E-state index contributed by atoms with van der Waals surface area (Å²) in [6, 6.07) is 11.0. The normalized spacial score (nSPS) is 11.0. The van der Waals surface area contributed by atoms with Crippen LogP contribution in [0.5, 0.6) is 11.5 Å². The van der Waals surface area contributed by atoms with Gasteiger partial charge in [-0.25, -0.2) is 4.79 Å². The van der Waals surface area contributed by atoms with Gasteiger partial charge in [-0.1, -0.05) is 24.3 Å². The number of carbonyl (C=O) groups excluding carboxylic acids is 2. The quantitative estimate of drug-likeness (QED) is 0.381. The van der Waals surface area contributed by atoms with Crippen LogP contribution in [0.25, 0.3) is 6.08 Å². The van der Waals surface area contributed by atoms with Gasteiger partial charge in [-0.05, 0) is 35.9 Å². The number of hydrogen-bond acceptors (Lipinski definition) is 5. The van der Waals surface area contributed by atoms with E-state index < -0.39 is 31.7 Å². The van der Waals surface area contributed by atoms with Crippen LogP contribution in [0.4, 0.5) is 23.2 Å². The Morgan fingerprint density at radius 2 is 1.59 bits per heavy atom. The number of amides is 1. The van der Waals surface area contributed by atoms with Crippen molar-refractivity contribution >= 4 is 23.6 Å². The van der Waals surface area contributed by atoms with E-state index in [-0.39, 0.29) is 17.2 Å². The molecule has 0 spiro atoms. The Labute approximate surface area is 162 Å². The summed E-state index contributed by atoms with van der Waals surface area (Å²) in [4.78, 5) is 23.5. The molecule has 0 bridgehead atoms. The minimum absolute atomic E-state index is 0.00417. The summed E-state index contributed by atoms with van der Waals surface area (Å²) < 4.78 is 62.0. The largest absolute Gasteiger partial charge is 0.452 e. The molecule has 0 atom stereocenters. The Hall–Kier alpha value is -3.56. The fraction of sp³-hybridized carbons (Fsp3) is 0.158. The number of anilines is 1. The van der Waals surface area contributed by atoms with E-state index >= 15 is 0 Å². The first kappa shape index (κ1) is 21.7. The molecule has 6 nitrogen and oxygen atoms in total. The van der Waals surface area contributed by atoms with Crippen molar-refractivity contribution in [3.8, 4) is 11.5 Å². The summed E-state index contributed by atoms with van der Waals surface area (Å²) in [7, 11) is 0. The van der Waals surface area contributed by atoms with Crippen LogP contribution in [0.1, 0.15) is 5.56 Å². The molecular formula is C19H15F4NO5. The monoisotopic (exact) mass is 413 g/mol. The highest BCUT2D eigenvalue weighted by molar-refractivity contribution is 5.95. The van der Waals surface area contributed by atoms with E-state index in [1.165, 1.54) is 54.6 Å². The molecule has 2 aromatic carbocycles. The van der Waals surface area contributed by atoms with Crippen LogP contribution < -0.4 is 14.8 Å². The van der Waals surface area contributed by atoms with Crippen LogP contribution in [-0.2, 0) is 14.3 Å². The topological polar surface area (TPSA) is 73.9 Å². The number of benzene rings is 2. The summed E-state index contributed by atoms with van der Waals surface area (Å²) in [6.45, 7) is -6.66. The maximum absolute atomic E-state index is 12.3. The van der Waals surface area contributed by atoms with E-state index in [2.05, 4.69) is 14.8 Å². The van der Waals surface area contributed by atoms with Gasteiger partial charge in [0, 0.05) is 6.08 Å². The number of hydrogen-bond donors (Lipinski definition) is 1. The summed E-state index contributed by atoms with van der Waals surface area (Å²) in [5, 5.41) is 2.29. The van der Waals surface area contributed by atoms with Gasteiger partial charge in [-0.15, -0.1) is 0 Å². The van der Waals surface area contributed by atoms with Gasteiger partial charge in [0.2, 0.25) is 0 Å². The molecule has 0 saturated heterocycles. The van der Waals surface area contributed by atoms with Crippen LogP contribution in [0.15, 0.2) is 54.6 Å². The first-order chi connectivity index (χ1) is 13.8. The van der Waals surface area contributed by atoms with Crippen LogP contribution >= 0.6 is 0 Å². The molecule has 0 aliphatic rings. The highest BCUT2D eigenvalue weighted by Gasteiger charge is 2.12. The molecule has 2 rings (SSSR count). The molecule has 0 unspecified atom stereocenters. The van der Waals surface area contributed by atoms with Gasteiger partial charge in [0.15, 0.2) is 6.61 Å². The number of ether oxygens (including phenoxy) is 3. The van der Waals surface area contributed by atoms with Crippen molar-refractivity contribution in [1.82, 2.24) is 0 Å². The first-order valence-corrected chi connectivity index (χ1v) is 8.07. The van der Waals surface area contributed by atoms with Crippen LogP contribution in [0.3, 0.4) is 0 Å². The van der Waals surface area contributed by atoms with Crippen molar-refractivity contribution in [2.24, 2.45) is 0 Å². The van der Waals surface area contributed by atoms with Gasteiger partial charge in [-0.3, -0.25) is 4.79 Å². The maximum Gasteiger partial charge on any atom is 0.387 e. The Morgan fingerprint density at radius 3 is 2.24 bits per heavy atom. The van der Waals surface area contributed by atoms with E-state index in [0.717, 1.165) is 6.08 Å². The molecule has 10 heteroatoms. The number of esters is 1. The van der Waals surface area contributed by atoms with Crippen molar-refractivity contribution in [3.63, 3.8) is 0 Å². The number of carbonyl (C=O) groups is 2. The van der Waals surface area contributed by atoms with Crippen molar-refractivity contribution in [2.75, 3.05) is 11.9 Å². The number of nitrogens with one attached hydrogen (secondary N) is 1. The molecule has 0 aliphatic heterocycles. The zero-order chi connectivity index (χ0) is 21.2. The molecule has 154 valence electrons. The molecule has 0 saturated carbocycles. The van der Waals surface area contributed by atoms with Gasteiger partial charge in [-0.2, -0.15) is 17.6 Å². The molecule has 0 heterocycles. The minimum Gasteiger partial charge on any atom is -0.452 e. The average molecular weight is 413 g/mol. The highest BCUT2D eigenvalue weighted by atomic mass is 19.3. The second-order valence-corrected chi connectivity index (χ2v) is 5.31. The lowest BCUT2D eigenvalue weighted by molar-refractivity contribution is -0.142. The van der Waals surface area contributed by atoms with E-state index in [9.17, 15) is 27.2 Å². The molecule has 2 aromatic rings. The summed E-state index contributed by atoms with van der Waals surface area (Å²) in [5.74, 6) is -1.87. The number of alkyl halides is 4. The van der Waals surface area contributed by atoms with E-state index in [4.69, 9.17) is 4.74 Å². The molecule has 1 amide bonds. The number of halogens is 4. The van der Waals surface area contributed by atoms with E-state index in [0.29, 0.717) is 5.56 Å². The molecule has 0 radical (unpaired) electrons. The van der Waals surface area contributed by atoms with Gasteiger partial charge < -0.3 is 19.5 Å². The third-order valence-electron chi connectivity index (χ3n) is 3.24. The van der Waals surface area contributed by atoms with Gasteiger partial charge in [0.25, 0.3) is 5.91 Å². The second-order valence-electron chi connectivity index (χ2n) is 5.31. The lowest BCUT2D eigenvalue weighted by Crippen LogP contribution is -2.20. The number of rotatable bonds is 9. The zero-order valence-corrected chi connectivity index (χ0v) is 14.7. The van der Waals surface area contributed by atoms with Gasteiger partial charge in [0.05, 0.1) is 5.69 Å². The van der Waals surface area contributed by atoms with E-state index in [1.54, 1.807) is 0 Å². The van der Waals surface area contributed by atoms with Crippen LogP contribution in [0, 0.1) is 0 Å². The van der Waals surface area contributed by atoms with Crippen LogP contribution in [0.2, 0.25) is 0 Å². The smallest absolute Gasteiger partial charge is 0.387 e. The highest BCUT2D eigenvalue weighted by Crippen LogP contribution is 2.25. The minimum atomic E-state index is -3.06. The average Bonchev–Trinajstić information content (AvgIpc) is 2.66. The summed E-state index contributed by atoms with van der Waals surface area (Å²) in [5.41, 5.74) is 0.501. The molecule has 29 heavy (non-hydrogen) atoms. The Balaban J connectivity index is 1.83. The lowest BCUT2D eigenvalue weighted by Gasteiger charge is -2.11. The zero-order valence-electron chi connectivity index (χ0n) is 14.7. The first-order valence-electron chi connectivity index (χ1n) is 8.07. The van der Waals surface area contributed by atoms with E-state index in [1.807, 2.05) is 0 Å². The Bertz CT molecular complexity index is 856. The lowest BCUT2D eigenvalue weighted by atomic mass is 10.2. The maximum atomic E-state index is 12.3. The van der Waals surface area contributed by atoms with Crippen molar-refractivity contribution in [1.29, 1.82) is 0 Å².